The summed E-state index contributed by atoms with van der Waals surface area (Å²) in [6.45, 7) is 4.55. The van der Waals surface area contributed by atoms with E-state index < -0.39 is 23.7 Å². The quantitative estimate of drug-likeness (QED) is 0.231. The topological polar surface area (TPSA) is 144 Å². The fourth-order valence-corrected chi connectivity index (χ4v) is 3.63. The maximum atomic E-state index is 13.1. The lowest BCUT2D eigenvalue weighted by molar-refractivity contribution is -0.143. The zero-order chi connectivity index (χ0) is 29.2. The Balaban J connectivity index is 0.000000580. The number of ether oxygens (including phenoxy) is 2. The van der Waals surface area contributed by atoms with E-state index >= 15 is 0 Å². The van der Waals surface area contributed by atoms with Crippen LogP contribution in [0.2, 0.25) is 0 Å². The van der Waals surface area contributed by atoms with E-state index in [-0.39, 0.29) is 24.6 Å². The number of methoxy groups -OCH3 is 1. The van der Waals surface area contributed by atoms with Gasteiger partial charge in [0.05, 0.1) is 42.1 Å². The normalized spacial score (nSPS) is 11.8. The summed E-state index contributed by atoms with van der Waals surface area (Å²) in [6, 6.07) is 8.50. The maximum absolute atomic E-state index is 13.1. The van der Waals surface area contributed by atoms with Crippen molar-refractivity contribution in [3.05, 3.63) is 53.7 Å². The highest BCUT2D eigenvalue weighted by molar-refractivity contribution is 5.99. The van der Waals surface area contributed by atoms with Crippen LogP contribution in [0.15, 0.2) is 42.6 Å². The van der Waals surface area contributed by atoms with Gasteiger partial charge in [-0.2, -0.15) is 13.2 Å². The molecule has 0 radical (unpaired) electrons. The summed E-state index contributed by atoms with van der Waals surface area (Å²) in [5.41, 5.74) is 7.11. The smallest absolute Gasteiger partial charge is 0.416 e. The molecule has 1 unspecified atom stereocenters. The van der Waals surface area contributed by atoms with Gasteiger partial charge in [-0.15, -0.1) is 0 Å². The van der Waals surface area contributed by atoms with E-state index in [1.807, 2.05) is 13.0 Å². The molecule has 0 aliphatic rings. The van der Waals surface area contributed by atoms with Crippen LogP contribution in [0.4, 0.5) is 18.9 Å². The summed E-state index contributed by atoms with van der Waals surface area (Å²) >= 11 is 0. The van der Waals surface area contributed by atoms with Crippen molar-refractivity contribution in [3.63, 3.8) is 0 Å². The van der Waals surface area contributed by atoms with Crippen LogP contribution in [0.1, 0.15) is 43.7 Å². The average Bonchev–Trinajstić information content (AvgIpc) is 2.87. The van der Waals surface area contributed by atoms with E-state index in [9.17, 15) is 22.8 Å². The number of nitrogens with two attached hydrogens (primary N) is 1. The van der Waals surface area contributed by atoms with Crippen molar-refractivity contribution in [1.29, 1.82) is 0 Å². The maximum Gasteiger partial charge on any atom is 0.416 e. The van der Waals surface area contributed by atoms with E-state index in [0.29, 0.717) is 28.9 Å². The summed E-state index contributed by atoms with van der Waals surface area (Å²) < 4.78 is 50.9. The molecule has 5 N–H and O–H groups in total. The second kappa shape index (κ2) is 14.2. The fraction of sp³-hybridized carbons (Fsp3) is 0.370. The molecule has 0 fully saturated rings. The van der Waals surface area contributed by atoms with Crippen LogP contribution in [-0.2, 0) is 15.8 Å². The highest BCUT2D eigenvalue weighted by Crippen LogP contribution is 2.44. The Kier molecular flexibility index (Phi) is 11.3. The third-order valence-electron chi connectivity index (χ3n) is 5.54. The number of halogens is 3. The molecule has 212 valence electrons. The number of aromatic nitrogens is 1. The van der Waals surface area contributed by atoms with E-state index in [4.69, 9.17) is 25.4 Å². The van der Waals surface area contributed by atoms with Crippen molar-refractivity contribution in [2.24, 2.45) is 5.73 Å². The van der Waals surface area contributed by atoms with E-state index in [1.54, 1.807) is 12.3 Å². The number of hydrogen-bond acceptors (Lipinski definition) is 7. The average molecular weight is 552 g/mol. The van der Waals surface area contributed by atoms with Crippen molar-refractivity contribution < 1.29 is 42.4 Å². The van der Waals surface area contributed by atoms with Gasteiger partial charge in [0.25, 0.3) is 0 Å². The lowest BCUT2D eigenvalue weighted by atomic mass is 10.1. The molecule has 3 aromatic rings. The van der Waals surface area contributed by atoms with Gasteiger partial charge < -0.3 is 30.7 Å². The Morgan fingerprint density at radius 1 is 1.13 bits per heavy atom. The van der Waals surface area contributed by atoms with Crippen molar-refractivity contribution >= 4 is 28.5 Å². The summed E-state index contributed by atoms with van der Waals surface area (Å²) in [7, 11) is 1.49. The molecule has 0 amide bonds. The van der Waals surface area contributed by atoms with Crippen molar-refractivity contribution in [2.75, 3.05) is 19.0 Å². The van der Waals surface area contributed by atoms with Crippen molar-refractivity contribution in [1.82, 2.24) is 4.98 Å². The Morgan fingerprint density at radius 2 is 1.79 bits per heavy atom. The minimum absolute atomic E-state index is 0.0645. The number of alkyl halides is 3. The molecule has 1 heterocycles. The van der Waals surface area contributed by atoms with Gasteiger partial charge in [-0.1, -0.05) is 6.07 Å². The summed E-state index contributed by atoms with van der Waals surface area (Å²) in [5, 5.41) is 19.9. The second-order valence-corrected chi connectivity index (χ2v) is 8.70. The molecule has 0 saturated carbocycles. The summed E-state index contributed by atoms with van der Waals surface area (Å²) in [6.07, 6.45) is -1.60. The Hall–Kier alpha value is -4.06. The summed E-state index contributed by atoms with van der Waals surface area (Å²) in [4.78, 5) is 23.8. The lowest BCUT2D eigenvalue weighted by Gasteiger charge is -2.21. The Bertz CT molecular complexity index is 1270. The number of fused-ring (bicyclic) bond motifs is 1. The number of carboxylic acid groups (broad SMARTS) is 2. The zero-order valence-corrected chi connectivity index (χ0v) is 21.8. The van der Waals surface area contributed by atoms with Gasteiger partial charge >= 0.3 is 18.1 Å². The van der Waals surface area contributed by atoms with Crippen LogP contribution in [0, 0.1) is 6.92 Å². The molecule has 0 aliphatic heterocycles. The molecule has 0 bridgehead atoms. The van der Waals surface area contributed by atoms with E-state index in [2.05, 4.69) is 17.2 Å². The number of rotatable bonds is 11. The minimum Gasteiger partial charge on any atom is -0.493 e. The number of anilines is 1. The number of aryl methyl sites for hydroxylation is 1. The van der Waals surface area contributed by atoms with Crippen molar-refractivity contribution in [2.45, 2.75) is 51.7 Å². The number of carboxylic acids is 2. The lowest BCUT2D eigenvalue weighted by Crippen LogP contribution is -2.17. The fourth-order valence-electron chi connectivity index (χ4n) is 3.63. The highest BCUT2D eigenvalue weighted by atomic mass is 19.4. The monoisotopic (exact) mass is 551 g/mol. The molecule has 9 nitrogen and oxygen atoms in total. The predicted octanol–water partition coefficient (Wildman–Crippen LogP) is 5.84. The standard InChI is InChI=1S/C23H26F3N3O2.C4H6O4/c1-14-9-11-28-21-18(29-15(2)6-5-10-27)13-19(30-3)22(20(14)21)31-17-8-4-7-16(12-17)23(24,25)26;5-3(6)1-2-4(7)8/h4,7-9,11-13,15,29H,5-6,10,27H2,1-3H3;1-2H2,(H,5,6)(H,7,8). The molecule has 0 aliphatic carbocycles. The first-order chi connectivity index (χ1) is 18.4. The first kappa shape index (κ1) is 31.2. The van der Waals surface area contributed by atoms with E-state index in [1.165, 1.54) is 19.2 Å². The van der Waals surface area contributed by atoms with E-state index in [0.717, 1.165) is 36.2 Å². The van der Waals surface area contributed by atoms with Crippen molar-refractivity contribution in [3.8, 4) is 17.2 Å². The third-order valence-corrected chi connectivity index (χ3v) is 5.54. The SMILES string of the molecule is COc1cc(NC(C)CCCN)c2nccc(C)c2c1Oc1cccc(C(F)(F)F)c1.O=C(O)CCC(=O)O. The van der Waals surface area contributed by atoms with Gasteiger partial charge in [-0.05, 0) is 63.1 Å². The van der Waals surface area contributed by atoms with Gasteiger partial charge in [-0.25, -0.2) is 0 Å². The highest BCUT2D eigenvalue weighted by Gasteiger charge is 2.31. The molecule has 3 rings (SSSR count). The molecule has 0 saturated heterocycles. The molecule has 12 heteroatoms. The third kappa shape index (κ3) is 9.32. The number of hydrogen-bond donors (Lipinski definition) is 4. The molecular weight excluding hydrogens is 519 g/mol. The molecule has 0 spiro atoms. The number of carbonyl (C=O) groups is 2. The molecule has 1 atom stereocenters. The Labute approximate surface area is 223 Å². The minimum atomic E-state index is -4.46. The van der Waals surface area contributed by atoms with Crippen LogP contribution in [0.5, 0.6) is 17.2 Å². The molecular formula is C27H32F3N3O6. The van der Waals surface area contributed by atoms with Gasteiger partial charge in [0.15, 0.2) is 11.5 Å². The summed E-state index contributed by atoms with van der Waals surface area (Å²) in [5.74, 6) is -1.37. The van der Waals surface area contributed by atoms with Gasteiger partial charge in [0.1, 0.15) is 5.75 Å². The second-order valence-electron chi connectivity index (χ2n) is 8.70. The largest absolute Gasteiger partial charge is 0.493 e. The van der Waals surface area contributed by atoms with Gasteiger partial charge in [-0.3, -0.25) is 14.6 Å². The van der Waals surface area contributed by atoms with Gasteiger partial charge in [0.2, 0.25) is 0 Å². The van der Waals surface area contributed by atoms with Crippen LogP contribution in [0.25, 0.3) is 10.9 Å². The Morgan fingerprint density at radius 3 is 2.36 bits per heavy atom. The predicted molar refractivity (Wildman–Crippen MR) is 140 cm³/mol. The number of nitrogens with one attached hydrogen (secondary N) is 1. The number of benzene rings is 2. The number of aliphatic carboxylic acids is 2. The van der Waals surface area contributed by atoms with Crippen LogP contribution in [0.3, 0.4) is 0 Å². The zero-order valence-electron chi connectivity index (χ0n) is 21.8. The molecule has 39 heavy (non-hydrogen) atoms. The first-order valence-corrected chi connectivity index (χ1v) is 12.1. The first-order valence-electron chi connectivity index (χ1n) is 12.1. The van der Waals surface area contributed by atoms with Crippen LogP contribution >= 0.6 is 0 Å². The van der Waals surface area contributed by atoms with Crippen LogP contribution in [-0.4, -0.2) is 46.8 Å². The number of pyridine rings is 1. The molecule has 1 aromatic heterocycles. The number of nitrogens with zero attached hydrogens (tertiary/aromatic N) is 1. The molecule has 2 aromatic carbocycles. The van der Waals surface area contributed by atoms with Gasteiger partial charge in [0, 0.05) is 18.3 Å². The van der Waals surface area contributed by atoms with Crippen LogP contribution < -0.4 is 20.5 Å².